The van der Waals surface area contributed by atoms with Crippen LogP contribution < -0.4 is 4.74 Å². The van der Waals surface area contributed by atoms with Gasteiger partial charge in [0.05, 0.1) is 12.3 Å². The van der Waals surface area contributed by atoms with Crippen molar-refractivity contribution in [2.24, 2.45) is 0 Å². The van der Waals surface area contributed by atoms with Crippen LogP contribution in [0.1, 0.15) is 19.4 Å². The monoisotopic (exact) mass is 277 g/mol. The van der Waals surface area contributed by atoms with Crippen LogP contribution >= 0.6 is 0 Å². The van der Waals surface area contributed by atoms with Crippen LogP contribution in [0.25, 0.3) is 22.0 Å². The van der Waals surface area contributed by atoms with E-state index in [-0.39, 0.29) is 0 Å². The summed E-state index contributed by atoms with van der Waals surface area (Å²) < 4.78 is 5.79. The number of hydrogen-bond donors (Lipinski definition) is 0. The molecule has 0 radical (unpaired) electrons. The Morgan fingerprint density at radius 1 is 0.857 bits per heavy atom. The van der Waals surface area contributed by atoms with Gasteiger partial charge in [-0.1, -0.05) is 61.5 Å². The van der Waals surface area contributed by atoms with Gasteiger partial charge in [0.2, 0.25) is 5.88 Å². The molecule has 0 atom stereocenters. The number of aromatic nitrogens is 1. The third kappa shape index (κ3) is 2.49. The van der Waals surface area contributed by atoms with Crippen molar-refractivity contribution in [1.82, 2.24) is 4.98 Å². The van der Waals surface area contributed by atoms with Crippen molar-refractivity contribution >= 4 is 10.8 Å². The summed E-state index contributed by atoms with van der Waals surface area (Å²) in [5.74, 6) is 0.762. The molecule has 1 aromatic heterocycles. The number of rotatable bonds is 4. The van der Waals surface area contributed by atoms with Crippen molar-refractivity contribution in [1.29, 1.82) is 0 Å². The van der Waals surface area contributed by atoms with Gasteiger partial charge in [-0.2, -0.15) is 0 Å². The maximum Gasteiger partial charge on any atom is 0.217 e. The largest absolute Gasteiger partial charge is 0.478 e. The Morgan fingerprint density at radius 3 is 2.19 bits per heavy atom. The summed E-state index contributed by atoms with van der Waals surface area (Å²) in [4.78, 5) is 4.81. The normalized spacial score (nSPS) is 10.8. The van der Waals surface area contributed by atoms with Crippen LogP contribution in [-0.2, 0) is 6.42 Å². The lowest BCUT2D eigenvalue weighted by molar-refractivity contribution is 0.324. The first kappa shape index (κ1) is 13.6. The fraction of sp³-hybridized carbons (Fsp3) is 0.211. The van der Waals surface area contributed by atoms with Crippen LogP contribution in [0, 0.1) is 0 Å². The van der Waals surface area contributed by atoms with Crippen LogP contribution in [0.5, 0.6) is 5.88 Å². The molecule has 0 aliphatic heterocycles. The highest BCUT2D eigenvalue weighted by molar-refractivity contribution is 5.97. The summed E-state index contributed by atoms with van der Waals surface area (Å²) in [6.07, 6.45) is 0.915. The topological polar surface area (TPSA) is 22.1 Å². The van der Waals surface area contributed by atoms with Crippen LogP contribution in [0.15, 0.2) is 54.6 Å². The number of nitrogens with zero attached hydrogens (tertiary/aromatic N) is 1. The van der Waals surface area contributed by atoms with E-state index in [9.17, 15) is 0 Å². The first-order chi connectivity index (χ1) is 10.3. The number of aryl methyl sites for hydroxylation is 1. The molecular weight excluding hydrogens is 258 g/mol. The fourth-order valence-corrected chi connectivity index (χ4v) is 2.71. The molecule has 0 bridgehead atoms. The van der Waals surface area contributed by atoms with Gasteiger partial charge in [0, 0.05) is 16.5 Å². The number of fused-ring (bicyclic) bond motifs is 1. The molecule has 0 N–H and O–H groups in total. The summed E-state index contributed by atoms with van der Waals surface area (Å²) in [5, 5.41) is 2.42. The molecule has 2 nitrogen and oxygen atoms in total. The maximum absolute atomic E-state index is 5.79. The molecule has 106 valence electrons. The average Bonchev–Trinajstić information content (AvgIpc) is 2.55. The first-order valence-corrected chi connectivity index (χ1v) is 7.45. The number of ether oxygens (including phenoxy) is 1. The summed E-state index contributed by atoms with van der Waals surface area (Å²) in [7, 11) is 0. The molecule has 2 aromatic carbocycles. The zero-order valence-corrected chi connectivity index (χ0v) is 12.5. The molecule has 0 unspecified atom stereocenters. The Bertz CT molecular complexity index is 750. The minimum absolute atomic E-state index is 0.632. The predicted molar refractivity (Wildman–Crippen MR) is 87.7 cm³/mol. The minimum Gasteiger partial charge on any atom is -0.478 e. The van der Waals surface area contributed by atoms with E-state index in [2.05, 4.69) is 43.3 Å². The quantitative estimate of drug-likeness (QED) is 0.679. The molecule has 2 heteroatoms. The Hall–Kier alpha value is -2.35. The third-order valence-electron chi connectivity index (χ3n) is 3.66. The number of benzene rings is 2. The molecule has 3 rings (SSSR count). The van der Waals surface area contributed by atoms with Crippen LogP contribution in [0.4, 0.5) is 0 Å². The zero-order chi connectivity index (χ0) is 14.7. The van der Waals surface area contributed by atoms with Gasteiger partial charge >= 0.3 is 0 Å². The van der Waals surface area contributed by atoms with E-state index in [0.29, 0.717) is 6.61 Å². The summed E-state index contributed by atoms with van der Waals surface area (Å²) in [5.41, 5.74) is 3.30. The lowest BCUT2D eigenvalue weighted by atomic mass is 9.99. The van der Waals surface area contributed by atoms with Gasteiger partial charge < -0.3 is 4.74 Å². The van der Waals surface area contributed by atoms with Gasteiger partial charge in [-0.15, -0.1) is 0 Å². The number of pyridine rings is 1. The van der Waals surface area contributed by atoms with Crippen molar-refractivity contribution < 1.29 is 4.74 Å². The van der Waals surface area contributed by atoms with Crippen LogP contribution in [-0.4, -0.2) is 11.6 Å². The van der Waals surface area contributed by atoms with Gasteiger partial charge in [0.1, 0.15) is 0 Å². The second-order valence-corrected chi connectivity index (χ2v) is 4.94. The lowest BCUT2D eigenvalue weighted by Gasteiger charge is -2.14. The van der Waals surface area contributed by atoms with E-state index in [1.165, 1.54) is 16.3 Å². The smallest absolute Gasteiger partial charge is 0.217 e. The third-order valence-corrected chi connectivity index (χ3v) is 3.66. The van der Waals surface area contributed by atoms with Gasteiger partial charge in [0.25, 0.3) is 0 Å². The molecule has 3 aromatic rings. The fourth-order valence-electron chi connectivity index (χ4n) is 2.71. The van der Waals surface area contributed by atoms with Gasteiger partial charge in [-0.3, -0.25) is 0 Å². The van der Waals surface area contributed by atoms with Gasteiger partial charge in [-0.25, -0.2) is 4.98 Å². The summed E-state index contributed by atoms with van der Waals surface area (Å²) in [6, 6.07) is 18.7. The van der Waals surface area contributed by atoms with E-state index in [1.54, 1.807) is 0 Å². The SMILES string of the molecule is CCOc1nc(-c2ccccc2)c2ccccc2c1CC. The number of hydrogen-bond acceptors (Lipinski definition) is 2. The van der Waals surface area contributed by atoms with Crippen molar-refractivity contribution in [3.63, 3.8) is 0 Å². The molecule has 1 heterocycles. The molecule has 0 aliphatic carbocycles. The first-order valence-electron chi connectivity index (χ1n) is 7.45. The van der Waals surface area contributed by atoms with Gasteiger partial charge in [-0.05, 0) is 18.7 Å². The second kappa shape index (κ2) is 5.96. The highest BCUT2D eigenvalue weighted by Gasteiger charge is 2.14. The van der Waals surface area contributed by atoms with Crippen molar-refractivity contribution in [2.45, 2.75) is 20.3 Å². The molecule has 0 fully saturated rings. The molecule has 0 aliphatic rings. The Morgan fingerprint density at radius 2 is 1.52 bits per heavy atom. The van der Waals surface area contributed by atoms with E-state index in [4.69, 9.17) is 9.72 Å². The summed E-state index contributed by atoms with van der Waals surface area (Å²) in [6.45, 7) is 4.78. The van der Waals surface area contributed by atoms with Gasteiger partial charge in [0.15, 0.2) is 0 Å². The Labute approximate surface area is 125 Å². The van der Waals surface area contributed by atoms with Crippen molar-refractivity contribution in [3.8, 4) is 17.1 Å². The standard InChI is InChI=1S/C19H19NO/c1-3-15-16-12-8-9-13-17(16)18(20-19(15)21-4-2)14-10-6-5-7-11-14/h5-13H,3-4H2,1-2H3. The Balaban J connectivity index is 2.34. The molecule has 0 spiro atoms. The van der Waals surface area contributed by atoms with E-state index < -0.39 is 0 Å². The van der Waals surface area contributed by atoms with E-state index in [1.807, 2.05) is 25.1 Å². The molecule has 0 amide bonds. The highest BCUT2D eigenvalue weighted by Crippen LogP contribution is 2.34. The second-order valence-electron chi connectivity index (χ2n) is 4.94. The van der Waals surface area contributed by atoms with Crippen LogP contribution in [0.3, 0.4) is 0 Å². The highest BCUT2D eigenvalue weighted by atomic mass is 16.5. The Kier molecular flexibility index (Phi) is 3.87. The van der Waals surface area contributed by atoms with Crippen molar-refractivity contribution in [3.05, 3.63) is 60.2 Å². The molecule has 21 heavy (non-hydrogen) atoms. The minimum atomic E-state index is 0.632. The van der Waals surface area contributed by atoms with Crippen molar-refractivity contribution in [2.75, 3.05) is 6.61 Å². The maximum atomic E-state index is 5.79. The van der Waals surface area contributed by atoms with Crippen LogP contribution in [0.2, 0.25) is 0 Å². The molecule has 0 saturated heterocycles. The molecule has 0 saturated carbocycles. The molecular formula is C19H19NO. The van der Waals surface area contributed by atoms with E-state index >= 15 is 0 Å². The predicted octanol–water partition coefficient (Wildman–Crippen LogP) is 4.86. The lowest BCUT2D eigenvalue weighted by Crippen LogP contribution is -2.01. The van der Waals surface area contributed by atoms with E-state index in [0.717, 1.165) is 23.6 Å². The summed E-state index contributed by atoms with van der Waals surface area (Å²) >= 11 is 0. The average molecular weight is 277 g/mol. The zero-order valence-electron chi connectivity index (χ0n) is 12.5.